The lowest BCUT2D eigenvalue weighted by molar-refractivity contribution is -0.138. The van der Waals surface area contributed by atoms with Crippen molar-refractivity contribution in [1.82, 2.24) is 4.90 Å². The van der Waals surface area contributed by atoms with E-state index in [-0.39, 0.29) is 17.7 Å². The van der Waals surface area contributed by atoms with E-state index in [1.165, 1.54) is 0 Å². The molecule has 1 aliphatic rings. The number of carbonyl (C=O) groups excluding carboxylic acids is 2. The molecule has 1 heterocycles. The van der Waals surface area contributed by atoms with Gasteiger partial charge in [0, 0.05) is 24.3 Å². The fraction of sp³-hybridized carbons (Fsp3) is 0.286. The van der Waals surface area contributed by atoms with Crippen LogP contribution in [0.3, 0.4) is 0 Å². The Morgan fingerprint density at radius 2 is 1.91 bits per heavy atom. The second-order valence-electron chi connectivity index (χ2n) is 8.49. The average molecular weight is 459 g/mol. The zero-order valence-electron chi connectivity index (χ0n) is 19.8. The summed E-state index contributed by atoms with van der Waals surface area (Å²) in [6.45, 7) is 4.59. The van der Waals surface area contributed by atoms with E-state index in [4.69, 9.17) is 9.47 Å². The van der Waals surface area contributed by atoms with Crippen molar-refractivity contribution in [1.29, 1.82) is 0 Å². The first-order valence-electron chi connectivity index (χ1n) is 11.6. The van der Waals surface area contributed by atoms with Crippen molar-refractivity contribution >= 4 is 17.5 Å². The molecular formula is C28H30N2O4. The van der Waals surface area contributed by atoms with Gasteiger partial charge in [-0.05, 0) is 54.8 Å². The van der Waals surface area contributed by atoms with Crippen LogP contribution in [0, 0.1) is 0 Å². The molecule has 3 aromatic rings. The van der Waals surface area contributed by atoms with E-state index in [2.05, 4.69) is 5.32 Å². The first-order valence-corrected chi connectivity index (χ1v) is 11.6. The maximum absolute atomic E-state index is 13.0. The molecule has 0 aliphatic carbocycles. The minimum atomic E-state index is -0.602. The number of amides is 2. The summed E-state index contributed by atoms with van der Waals surface area (Å²) in [5.74, 6) is 1.03. The van der Waals surface area contributed by atoms with Gasteiger partial charge in [-0.1, -0.05) is 49.4 Å². The second-order valence-corrected chi connectivity index (χ2v) is 8.49. The normalized spacial score (nSPS) is 16.1. The van der Waals surface area contributed by atoms with Gasteiger partial charge in [0.25, 0.3) is 5.91 Å². The largest absolute Gasteiger partial charge is 0.497 e. The number of fused-ring (bicyclic) bond motifs is 1. The van der Waals surface area contributed by atoms with E-state index < -0.39 is 6.10 Å². The summed E-state index contributed by atoms with van der Waals surface area (Å²) in [4.78, 5) is 27.8. The van der Waals surface area contributed by atoms with Crippen molar-refractivity contribution in [2.24, 2.45) is 0 Å². The van der Waals surface area contributed by atoms with Gasteiger partial charge < -0.3 is 19.7 Å². The van der Waals surface area contributed by atoms with Gasteiger partial charge in [0.05, 0.1) is 13.0 Å². The molecule has 6 heteroatoms. The molecule has 1 aliphatic heterocycles. The Morgan fingerprint density at radius 1 is 1.12 bits per heavy atom. The highest BCUT2D eigenvalue weighted by molar-refractivity contribution is 5.96. The van der Waals surface area contributed by atoms with Crippen molar-refractivity contribution in [3.05, 3.63) is 89.5 Å². The lowest BCUT2D eigenvalue weighted by Gasteiger charge is -2.22. The molecule has 0 unspecified atom stereocenters. The van der Waals surface area contributed by atoms with Gasteiger partial charge in [-0.25, -0.2) is 0 Å². The van der Waals surface area contributed by atoms with Crippen LogP contribution in [0.25, 0.3) is 0 Å². The van der Waals surface area contributed by atoms with Crippen molar-refractivity contribution < 1.29 is 19.1 Å². The molecule has 0 radical (unpaired) electrons. The van der Waals surface area contributed by atoms with E-state index in [9.17, 15) is 9.59 Å². The molecule has 0 saturated heterocycles. The van der Waals surface area contributed by atoms with Crippen LogP contribution < -0.4 is 14.8 Å². The Labute approximate surface area is 200 Å². The summed E-state index contributed by atoms with van der Waals surface area (Å²) in [5, 5.41) is 3.05. The third-order valence-corrected chi connectivity index (χ3v) is 6.09. The molecular weight excluding hydrogens is 428 g/mol. The molecule has 6 nitrogen and oxygen atoms in total. The lowest BCUT2D eigenvalue weighted by atomic mass is 9.95. The average Bonchev–Trinajstić information content (AvgIpc) is 2.96. The molecule has 2 amide bonds. The number of methoxy groups -OCH3 is 1. The third-order valence-electron chi connectivity index (χ3n) is 6.09. The number of nitrogens with one attached hydrogen (secondary N) is 1. The third kappa shape index (κ3) is 5.22. The van der Waals surface area contributed by atoms with Crippen LogP contribution in [0.5, 0.6) is 11.5 Å². The zero-order chi connectivity index (χ0) is 24.1. The van der Waals surface area contributed by atoms with Crippen LogP contribution >= 0.6 is 0 Å². The van der Waals surface area contributed by atoms with Gasteiger partial charge in [-0.3, -0.25) is 9.59 Å². The number of ether oxygens (including phenoxy) is 2. The smallest absolute Gasteiger partial charge is 0.263 e. The number of anilines is 1. The lowest BCUT2D eigenvalue weighted by Crippen LogP contribution is -2.37. The van der Waals surface area contributed by atoms with E-state index in [1.807, 2.05) is 79.7 Å². The topological polar surface area (TPSA) is 67.9 Å². The van der Waals surface area contributed by atoms with Gasteiger partial charge >= 0.3 is 0 Å². The van der Waals surface area contributed by atoms with Crippen molar-refractivity contribution in [2.75, 3.05) is 12.4 Å². The highest BCUT2D eigenvalue weighted by atomic mass is 16.5. The Kier molecular flexibility index (Phi) is 7.16. The molecule has 2 atom stereocenters. The maximum atomic E-state index is 13.0. The van der Waals surface area contributed by atoms with E-state index in [0.717, 1.165) is 22.4 Å². The Morgan fingerprint density at radius 3 is 2.65 bits per heavy atom. The molecule has 3 aromatic carbocycles. The molecule has 0 saturated carbocycles. The SMILES string of the molecule is CC[C@H](C(=O)Nc1ccc2c(c1)CN(Cc1cccc(OC)c1)C(=O)[C@@H](C)O2)c1ccccc1. The van der Waals surface area contributed by atoms with Crippen LogP contribution in [0.1, 0.15) is 42.9 Å². The van der Waals surface area contributed by atoms with Crippen LogP contribution in [0.15, 0.2) is 72.8 Å². The van der Waals surface area contributed by atoms with Crippen LogP contribution in [-0.2, 0) is 22.7 Å². The Hall–Kier alpha value is -3.80. The second kappa shape index (κ2) is 10.4. The van der Waals surface area contributed by atoms with Gasteiger partial charge in [0.15, 0.2) is 6.10 Å². The highest BCUT2D eigenvalue weighted by Crippen LogP contribution is 2.30. The van der Waals surface area contributed by atoms with Crippen LogP contribution in [0.2, 0.25) is 0 Å². The minimum Gasteiger partial charge on any atom is -0.497 e. The van der Waals surface area contributed by atoms with Crippen LogP contribution in [0.4, 0.5) is 5.69 Å². The number of carbonyl (C=O) groups is 2. The molecule has 1 N–H and O–H groups in total. The molecule has 176 valence electrons. The number of nitrogens with zero attached hydrogens (tertiary/aromatic N) is 1. The number of hydrogen-bond donors (Lipinski definition) is 1. The standard InChI is InChI=1S/C28H30N2O4/c1-4-25(21-10-6-5-7-11-21)27(31)29-23-13-14-26-22(16-23)18-30(28(32)19(2)34-26)17-20-9-8-12-24(15-20)33-3/h5-16,19,25H,4,17-18H2,1-3H3,(H,29,31)/t19-,25+/m1/s1. The molecule has 34 heavy (non-hydrogen) atoms. The summed E-state index contributed by atoms with van der Waals surface area (Å²) in [5.41, 5.74) is 3.50. The fourth-order valence-corrected chi connectivity index (χ4v) is 4.29. The fourth-order valence-electron chi connectivity index (χ4n) is 4.29. The summed E-state index contributed by atoms with van der Waals surface area (Å²) >= 11 is 0. The molecule has 0 spiro atoms. The predicted molar refractivity (Wildman–Crippen MR) is 132 cm³/mol. The summed E-state index contributed by atoms with van der Waals surface area (Å²) in [6.07, 6.45) is 0.0967. The monoisotopic (exact) mass is 458 g/mol. The minimum absolute atomic E-state index is 0.0547. The maximum Gasteiger partial charge on any atom is 0.263 e. The summed E-state index contributed by atoms with van der Waals surface area (Å²) in [7, 11) is 1.62. The van der Waals surface area contributed by atoms with Gasteiger partial charge in [0.1, 0.15) is 11.5 Å². The highest BCUT2D eigenvalue weighted by Gasteiger charge is 2.28. The van der Waals surface area contributed by atoms with Gasteiger partial charge in [-0.15, -0.1) is 0 Å². The summed E-state index contributed by atoms with van der Waals surface area (Å²) in [6, 6.07) is 23.0. The molecule has 0 bridgehead atoms. The van der Waals surface area contributed by atoms with E-state index >= 15 is 0 Å². The summed E-state index contributed by atoms with van der Waals surface area (Å²) < 4.78 is 11.3. The van der Waals surface area contributed by atoms with Crippen molar-refractivity contribution in [3.63, 3.8) is 0 Å². The quantitative estimate of drug-likeness (QED) is 0.533. The number of rotatable bonds is 7. The van der Waals surface area contributed by atoms with Crippen LogP contribution in [-0.4, -0.2) is 29.9 Å². The Bertz CT molecular complexity index is 1160. The molecule has 4 rings (SSSR count). The predicted octanol–water partition coefficient (Wildman–Crippen LogP) is 5.14. The number of benzene rings is 3. The van der Waals surface area contributed by atoms with Crippen molar-refractivity contribution in [3.8, 4) is 11.5 Å². The van der Waals surface area contributed by atoms with E-state index in [0.29, 0.717) is 30.9 Å². The van der Waals surface area contributed by atoms with E-state index in [1.54, 1.807) is 18.9 Å². The van der Waals surface area contributed by atoms with Gasteiger partial charge in [0.2, 0.25) is 5.91 Å². The zero-order valence-corrected chi connectivity index (χ0v) is 19.8. The number of hydrogen-bond acceptors (Lipinski definition) is 4. The Balaban J connectivity index is 1.55. The van der Waals surface area contributed by atoms with Crippen molar-refractivity contribution in [2.45, 2.75) is 45.4 Å². The van der Waals surface area contributed by atoms with Gasteiger partial charge in [-0.2, -0.15) is 0 Å². The molecule has 0 fully saturated rings. The first kappa shape index (κ1) is 23.4. The molecule has 0 aromatic heterocycles. The first-order chi connectivity index (χ1) is 16.5.